The average molecular weight is 312 g/mol. The first-order chi connectivity index (χ1) is 10.00. The Balaban J connectivity index is 1.90. The third-order valence-electron chi connectivity index (χ3n) is 3.31. The molecule has 1 aromatic rings. The molecule has 1 fully saturated rings. The maximum Gasteiger partial charge on any atom is 0.251 e. The molecular weight excluding hydrogens is 292 g/mol. The van der Waals surface area contributed by atoms with E-state index in [0.29, 0.717) is 17.8 Å². The van der Waals surface area contributed by atoms with Crippen molar-refractivity contribution in [2.45, 2.75) is 25.9 Å². The van der Waals surface area contributed by atoms with Gasteiger partial charge in [0.2, 0.25) is 10.0 Å². The largest absolute Gasteiger partial charge is 0.376 e. The van der Waals surface area contributed by atoms with Crippen molar-refractivity contribution in [2.24, 2.45) is 0 Å². The Labute approximate surface area is 124 Å². The van der Waals surface area contributed by atoms with Gasteiger partial charge in [-0.3, -0.25) is 9.52 Å². The number of amides is 1. The molecule has 1 aliphatic heterocycles. The molecule has 0 radical (unpaired) electrons. The van der Waals surface area contributed by atoms with E-state index in [1.54, 1.807) is 31.2 Å². The fourth-order valence-electron chi connectivity index (χ4n) is 2.06. The highest BCUT2D eigenvalue weighted by Crippen LogP contribution is 2.13. The van der Waals surface area contributed by atoms with Crippen molar-refractivity contribution in [1.29, 1.82) is 0 Å². The first-order valence-electron chi connectivity index (χ1n) is 7.00. The standard InChI is InChI=1S/C14H20N2O4S/c1-2-21(18,19)16-12-7-5-11(6-8-12)14(17)15-10-13-4-3-9-20-13/h5-8,13,16H,2-4,9-10H2,1H3,(H,15,17)/t13-/m0/s1. The highest BCUT2D eigenvalue weighted by molar-refractivity contribution is 7.92. The van der Waals surface area contributed by atoms with Crippen LogP contribution in [-0.4, -0.2) is 39.3 Å². The number of benzene rings is 1. The minimum Gasteiger partial charge on any atom is -0.376 e. The van der Waals surface area contributed by atoms with Gasteiger partial charge in [-0.25, -0.2) is 8.42 Å². The number of carbonyl (C=O) groups excluding carboxylic acids is 1. The Morgan fingerprint density at radius 3 is 2.62 bits per heavy atom. The van der Waals surface area contributed by atoms with E-state index in [-0.39, 0.29) is 17.8 Å². The molecule has 21 heavy (non-hydrogen) atoms. The summed E-state index contributed by atoms with van der Waals surface area (Å²) in [6, 6.07) is 6.35. The van der Waals surface area contributed by atoms with E-state index in [0.717, 1.165) is 19.4 Å². The van der Waals surface area contributed by atoms with Crippen LogP contribution in [0.1, 0.15) is 30.1 Å². The lowest BCUT2D eigenvalue weighted by molar-refractivity contribution is 0.0858. The summed E-state index contributed by atoms with van der Waals surface area (Å²) in [6.07, 6.45) is 2.11. The number of hydrogen-bond donors (Lipinski definition) is 2. The molecule has 7 heteroatoms. The summed E-state index contributed by atoms with van der Waals surface area (Å²) in [5, 5.41) is 2.82. The van der Waals surface area contributed by atoms with E-state index >= 15 is 0 Å². The number of rotatable bonds is 6. The molecule has 0 unspecified atom stereocenters. The lowest BCUT2D eigenvalue weighted by Crippen LogP contribution is -2.31. The summed E-state index contributed by atoms with van der Waals surface area (Å²) in [7, 11) is -3.29. The molecule has 116 valence electrons. The normalized spacial score (nSPS) is 18.4. The molecule has 1 heterocycles. The van der Waals surface area contributed by atoms with E-state index in [4.69, 9.17) is 4.74 Å². The molecule has 0 aromatic heterocycles. The Morgan fingerprint density at radius 1 is 1.33 bits per heavy atom. The topological polar surface area (TPSA) is 84.5 Å². The van der Waals surface area contributed by atoms with Crippen LogP contribution in [0.2, 0.25) is 0 Å². The van der Waals surface area contributed by atoms with Gasteiger partial charge in [0.15, 0.2) is 0 Å². The van der Waals surface area contributed by atoms with E-state index in [2.05, 4.69) is 10.0 Å². The van der Waals surface area contributed by atoms with Crippen LogP contribution in [0, 0.1) is 0 Å². The van der Waals surface area contributed by atoms with Crippen LogP contribution in [0.15, 0.2) is 24.3 Å². The first kappa shape index (κ1) is 15.8. The molecular formula is C14H20N2O4S. The molecule has 0 aliphatic carbocycles. The summed E-state index contributed by atoms with van der Waals surface area (Å²) in [6.45, 7) is 2.82. The van der Waals surface area contributed by atoms with Crippen molar-refractivity contribution >= 4 is 21.6 Å². The fraction of sp³-hybridized carbons (Fsp3) is 0.500. The second-order valence-electron chi connectivity index (χ2n) is 4.93. The number of carbonyl (C=O) groups is 1. The summed E-state index contributed by atoms with van der Waals surface area (Å²) in [5.74, 6) is -0.174. The van der Waals surface area contributed by atoms with Gasteiger partial charge in [-0.2, -0.15) is 0 Å². The monoisotopic (exact) mass is 312 g/mol. The predicted octanol–water partition coefficient (Wildman–Crippen LogP) is 1.36. The maximum absolute atomic E-state index is 11.9. The lowest BCUT2D eigenvalue weighted by atomic mass is 10.2. The van der Waals surface area contributed by atoms with Crippen LogP contribution in [0.3, 0.4) is 0 Å². The Hall–Kier alpha value is -1.60. The summed E-state index contributed by atoms with van der Waals surface area (Å²) < 4.78 is 30.7. The zero-order valence-electron chi connectivity index (χ0n) is 12.0. The van der Waals surface area contributed by atoms with Crippen LogP contribution >= 0.6 is 0 Å². The van der Waals surface area contributed by atoms with Gasteiger partial charge < -0.3 is 10.1 Å². The van der Waals surface area contributed by atoms with Crippen LogP contribution in [0.5, 0.6) is 0 Å². The molecule has 2 rings (SSSR count). The van der Waals surface area contributed by atoms with Crippen molar-refractivity contribution in [1.82, 2.24) is 5.32 Å². The summed E-state index contributed by atoms with van der Waals surface area (Å²) >= 11 is 0. The van der Waals surface area contributed by atoms with Gasteiger partial charge in [0, 0.05) is 24.4 Å². The Morgan fingerprint density at radius 2 is 2.05 bits per heavy atom. The highest BCUT2D eigenvalue weighted by atomic mass is 32.2. The number of anilines is 1. The zero-order valence-corrected chi connectivity index (χ0v) is 12.8. The summed E-state index contributed by atoms with van der Waals surface area (Å²) in [4.78, 5) is 11.9. The first-order valence-corrected chi connectivity index (χ1v) is 8.66. The number of sulfonamides is 1. The second-order valence-corrected chi connectivity index (χ2v) is 6.94. The van der Waals surface area contributed by atoms with Crippen LogP contribution in [-0.2, 0) is 14.8 Å². The number of nitrogens with one attached hydrogen (secondary N) is 2. The van der Waals surface area contributed by atoms with Crippen molar-refractivity contribution < 1.29 is 17.9 Å². The lowest BCUT2D eigenvalue weighted by Gasteiger charge is -2.11. The smallest absolute Gasteiger partial charge is 0.251 e. The molecule has 1 saturated heterocycles. The van der Waals surface area contributed by atoms with Crippen LogP contribution in [0.4, 0.5) is 5.69 Å². The van der Waals surface area contributed by atoms with Gasteiger partial charge in [0.05, 0.1) is 11.9 Å². The highest BCUT2D eigenvalue weighted by Gasteiger charge is 2.16. The minimum atomic E-state index is -3.29. The molecule has 6 nitrogen and oxygen atoms in total. The molecule has 1 amide bonds. The van der Waals surface area contributed by atoms with Crippen LogP contribution in [0.25, 0.3) is 0 Å². The number of hydrogen-bond acceptors (Lipinski definition) is 4. The van der Waals surface area contributed by atoms with E-state index in [9.17, 15) is 13.2 Å². The maximum atomic E-state index is 11.9. The second kappa shape index (κ2) is 6.91. The molecule has 2 N–H and O–H groups in total. The van der Waals surface area contributed by atoms with Crippen molar-refractivity contribution in [3.63, 3.8) is 0 Å². The predicted molar refractivity (Wildman–Crippen MR) is 80.8 cm³/mol. The van der Waals surface area contributed by atoms with Crippen molar-refractivity contribution in [3.05, 3.63) is 29.8 Å². The molecule has 1 aromatic carbocycles. The van der Waals surface area contributed by atoms with Gasteiger partial charge in [-0.15, -0.1) is 0 Å². The molecule has 0 saturated carbocycles. The van der Waals surface area contributed by atoms with E-state index < -0.39 is 10.0 Å². The molecule has 0 spiro atoms. The summed E-state index contributed by atoms with van der Waals surface area (Å²) in [5.41, 5.74) is 0.944. The molecule has 0 bridgehead atoms. The van der Waals surface area contributed by atoms with E-state index in [1.807, 2.05) is 0 Å². The number of ether oxygens (including phenoxy) is 1. The quantitative estimate of drug-likeness (QED) is 0.830. The molecule has 1 aliphatic rings. The fourth-order valence-corrected chi connectivity index (χ4v) is 2.69. The zero-order chi connectivity index (χ0) is 15.3. The Bertz CT molecular complexity index is 577. The van der Waals surface area contributed by atoms with Gasteiger partial charge in [-0.05, 0) is 44.0 Å². The van der Waals surface area contributed by atoms with Crippen molar-refractivity contribution in [2.75, 3.05) is 23.6 Å². The van der Waals surface area contributed by atoms with Crippen molar-refractivity contribution in [3.8, 4) is 0 Å². The third-order valence-corrected chi connectivity index (χ3v) is 4.62. The van der Waals surface area contributed by atoms with Gasteiger partial charge in [0.25, 0.3) is 5.91 Å². The SMILES string of the molecule is CCS(=O)(=O)Nc1ccc(C(=O)NC[C@@H]2CCCO2)cc1. The van der Waals surface area contributed by atoms with Gasteiger partial charge in [0.1, 0.15) is 0 Å². The Kier molecular flexibility index (Phi) is 5.19. The average Bonchev–Trinajstić information content (AvgIpc) is 2.98. The molecule has 1 atom stereocenters. The van der Waals surface area contributed by atoms with Crippen LogP contribution < -0.4 is 10.0 Å². The van der Waals surface area contributed by atoms with Gasteiger partial charge >= 0.3 is 0 Å². The minimum absolute atomic E-state index is 0.0105. The van der Waals surface area contributed by atoms with E-state index in [1.165, 1.54) is 0 Å². The van der Waals surface area contributed by atoms with Gasteiger partial charge in [-0.1, -0.05) is 0 Å². The third kappa shape index (κ3) is 4.71.